The molecule has 10 nitrogen and oxygen atoms in total. The van der Waals surface area contributed by atoms with E-state index in [1.165, 1.54) is 18.5 Å². The summed E-state index contributed by atoms with van der Waals surface area (Å²) in [6, 6.07) is 3.53. The summed E-state index contributed by atoms with van der Waals surface area (Å²) in [5.41, 5.74) is 0.230. The molecule has 0 saturated carbocycles. The maximum absolute atomic E-state index is 14.5. The number of benzene rings is 1. The molecule has 0 radical (unpaired) electrons. The van der Waals surface area contributed by atoms with Crippen LogP contribution >= 0.6 is 0 Å². The van der Waals surface area contributed by atoms with Crippen molar-refractivity contribution in [3.8, 4) is 5.88 Å². The first-order valence-electron chi connectivity index (χ1n) is 11.3. The fourth-order valence-corrected chi connectivity index (χ4v) is 5.23. The molecular weight excluding hydrogens is 477 g/mol. The third-order valence-corrected chi connectivity index (χ3v) is 7.24. The van der Waals surface area contributed by atoms with Crippen molar-refractivity contribution in [3.05, 3.63) is 35.9 Å². The average molecular weight is 506 g/mol. The maximum Gasteiger partial charge on any atom is 0.410 e. The summed E-state index contributed by atoms with van der Waals surface area (Å²) in [6.45, 7) is 3.64. The highest BCUT2D eigenvalue weighted by Crippen LogP contribution is 2.38. The molecule has 188 valence electrons. The Morgan fingerprint density at radius 3 is 2.51 bits per heavy atom. The van der Waals surface area contributed by atoms with Crippen LogP contribution in [0.4, 0.5) is 20.7 Å². The molecule has 2 aliphatic rings. The van der Waals surface area contributed by atoms with Crippen molar-refractivity contribution in [2.24, 2.45) is 0 Å². The number of nitrogens with zero attached hydrogens (tertiary/aromatic N) is 3. The van der Waals surface area contributed by atoms with Gasteiger partial charge in [-0.05, 0) is 44.9 Å². The number of ether oxygens (including phenoxy) is 2. The highest BCUT2D eigenvalue weighted by atomic mass is 32.2. The second-order valence-corrected chi connectivity index (χ2v) is 11.1. The van der Waals surface area contributed by atoms with Crippen molar-refractivity contribution in [1.82, 2.24) is 14.9 Å². The van der Waals surface area contributed by atoms with Gasteiger partial charge in [0.1, 0.15) is 24.1 Å². The fourth-order valence-electron chi connectivity index (χ4n) is 4.60. The maximum atomic E-state index is 14.5. The van der Waals surface area contributed by atoms with E-state index in [9.17, 15) is 17.6 Å². The number of hydrogen-bond donors (Lipinski definition) is 2. The molecule has 0 spiro atoms. The highest BCUT2D eigenvalue weighted by Gasteiger charge is 2.45. The molecule has 1 amide bonds. The average Bonchev–Trinajstić information content (AvgIpc) is 3.05. The van der Waals surface area contributed by atoms with Crippen LogP contribution < -0.4 is 10.1 Å². The largest absolute Gasteiger partial charge is 0.474 e. The van der Waals surface area contributed by atoms with Crippen LogP contribution in [-0.2, 0) is 14.6 Å². The summed E-state index contributed by atoms with van der Waals surface area (Å²) in [4.78, 5) is 22.5. The van der Waals surface area contributed by atoms with Crippen molar-refractivity contribution < 1.29 is 27.1 Å². The van der Waals surface area contributed by atoms with Gasteiger partial charge in [-0.15, -0.1) is 0 Å². The molecule has 2 unspecified atom stereocenters. The molecule has 12 heteroatoms. The number of sulfone groups is 1. The molecule has 2 saturated heterocycles. The van der Waals surface area contributed by atoms with Gasteiger partial charge < -0.3 is 25.1 Å². The van der Waals surface area contributed by atoms with Crippen molar-refractivity contribution in [2.75, 3.05) is 11.6 Å². The smallest absolute Gasteiger partial charge is 0.410 e. The van der Waals surface area contributed by atoms with Gasteiger partial charge in [0.05, 0.1) is 22.3 Å². The van der Waals surface area contributed by atoms with Crippen LogP contribution in [0, 0.1) is 11.2 Å². The summed E-state index contributed by atoms with van der Waals surface area (Å²) >= 11 is 0. The van der Waals surface area contributed by atoms with Gasteiger partial charge >= 0.3 is 6.09 Å². The van der Waals surface area contributed by atoms with Crippen LogP contribution in [0.3, 0.4) is 0 Å². The quantitative estimate of drug-likeness (QED) is 0.544. The minimum Gasteiger partial charge on any atom is -0.474 e. The Bertz CT molecular complexity index is 1220. The predicted molar refractivity (Wildman–Crippen MR) is 127 cm³/mol. The van der Waals surface area contributed by atoms with Crippen LogP contribution in [-0.4, -0.2) is 66.1 Å². The molecule has 4 rings (SSSR count). The Hall–Kier alpha value is -3.28. The Balaban J connectivity index is 1.50. The van der Waals surface area contributed by atoms with E-state index in [1.807, 2.05) is 18.7 Å². The van der Waals surface area contributed by atoms with Gasteiger partial charge in [0.15, 0.2) is 9.84 Å². The molecule has 2 aliphatic heterocycles. The minimum atomic E-state index is -3.55. The van der Waals surface area contributed by atoms with Crippen LogP contribution in [0.15, 0.2) is 29.4 Å². The number of amides is 1. The standard InChI is InChI=1S/C23H28FN5O5S/c1-13(2)33-23(30)29-14-4-5-15(29)9-16(8-14)34-22-18(11-25)21(26-12-27-22)28-20-7-6-17(10-19(20)24)35(3,31)32/h6-7,10-16,25H,4-5,8-9H2,1-3H3,(H,26,27,28). The highest BCUT2D eigenvalue weighted by molar-refractivity contribution is 7.90. The monoisotopic (exact) mass is 505 g/mol. The third kappa shape index (κ3) is 5.37. The van der Waals surface area contributed by atoms with E-state index in [2.05, 4.69) is 15.3 Å². The third-order valence-electron chi connectivity index (χ3n) is 6.13. The van der Waals surface area contributed by atoms with Crippen molar-refractivity contribution in [1.29, 1.82) is 5.41 Å². The predicted octanol–water partition coefficient (Wildman–Crippen LogP) is 3.68. The van der Waals surface area contributed by atoms with Gasteiger partial charge in [0.2, 0.25) is 5.88 Å². The lowest BCUT2D eigenvalue weighted by molar-refractivity contribution is 0.0208. The SMILES string of the molecule is CC(C)OC(=O)N1C2CCC1CC(Oc1ncnc(Nc3ccc(S(C)(=O)=O)cc3F)c1C=N)C2. The Labute approximate surface area is 203 Å². The molecular formula is C23H28FN5O5S. The molecule has 1 aromatic heterocycles. The number of halogens is 1. The summed E-state index contributed by atoms with van der Waals surface area (Å²) in [6.07, 6.45) is 5.51. The van der Waals surface area contributed by atoms with E-state index >= 15 is 0 Å². The lowest BCUT2D eigenvalue weighted by Gasteiger charge is -2.38. The van der Waals surface area contributed by atoms with E-state index < -0.39 is 15.7 Å². The summed E-state index contributed by atoms with van der Waals surface area (Å²) in [5, 5.41) is 10.7. The molecule has 0 aliphatic carbocycles. The summed E-state index contributed by atoms with van der Waals surface area (Å²) < 4.78 is 49.4. The number of piperidine rings is 1. The number of aromatic nitrogens is 2. The van der Waals surface area contributed by atoms with Crippen LogP contribution in [0.25, 0.3) is 0 Å². The molecule has 2 bridgehead atoms. The van der Waals surface area contributed by atoms with E-state index in [0.29, 0.717) is 12.8 Å². The molecule has 1 aromatic carbocycles. The van der Waals surface area contributed by atoms with Crippen molar-refractivity contribution in [2.45, 2.75) is 68.7 Å². The van der Waals surface area contributed by atoms with Gasteiger partial charge in [0.25, 0.3) is 0 Å². The van der Waals surface area contributed by atoms with Crippen molar-refractivity contribution in [3.63, 3.8) is 0 Å². The van der Waals surface area contributed by atoms with Gasteiger partial charge in [-0.3, -0.25) is 0 Å². The zero-order chi connectivity index (χ0) is 25.3. The fraction of sp³-hybridized carbons (Fsp3) is 0.478. The molecule has 2 aromatic rings. The second-order valence-electron chi connectivity index (χ2n) is 9.06. The van der Waals surface area contributed by atoms with E-state index in [4.69, 9.17) is 14.9 Å². The molecule has 2 atom stereocenters. The van der Waals surface area contributed by atoms with Crippen LogP contribution in [0.2, 0.25) is 0 Å². The number of hydrogen-bond acceptors (Lipinski definition) is 9. The lowest BCUT2D eigenvalue weighted by atomic mass is 10.0. The molecule has 3 heterocycles. The minimum absolute atomic E-state index is 0.000155. The summed E-state index contributed by atoms with van der Waals surface area (Å²) in [5.74, 6) is -0.452. The number of carbonyl (C=O) groups is 1. The number of rotatable bonds is 7. The van der Waals surface area contributed by atoms with Gasteiger partial charge in [-0.2, -0.15) is 0 Å². The lowest BCUT2D eigenvalue weighted by Crippen LogP contribution is -2.50. The Morgan fingerprint density at radius 1 is 1.26 bits per heavy atom. The molecule has 35 heavy (non-hydrogen) atoms. The van der Waals surface area contributed by atoms with E-state index in [0.717, 1.165) is 31.4 Å². The molecule has 2 fully saturated rings. The Morgan fingerprint density at radius 2 is 1.94 bits per heavy atom. The zero-order valence-electron chi connectivity index (χ0n) is 19.7. The summed E-state index contributed by atoms with van der Waals surface area (Å²) in [7, 11) is -3.55. The first kappa shape index (κ1) is 24.8. The van der Waals surface area contributed by atoms with Crippen LogP contribution in [0.5, 0.6) is 5.88 Å². The topological polar surface area (TPSA) is 135 Å². The van der Waals surface area contributed by atoms with Crippen molar-refractivity contribution >= 4 is 33.7 Å². The normalized spacial score (nSPS) is 21.6. The Kier molecular flexibility index (Phi) is 6.93. The first-order chi connectivity index (χ1) is 16.6. The number of nitrogens with one attached hydrogen (secondary N) is 2. The number of anilines is 2. The van der Waals surface area contributed by atoms with Crippen LogP contribution in [0.1, 0.15) is 45.1 Å². The van der Waals surface area contributed by atoms with Gasteiger partial charge in [-0.1, -0.05) is 0 Å². The number of carbonyl (C=O) groups excluding carboxylic acids is 1. The molecule has 2 N–H and O–H groups in total. The van der Waals surface area contributed by atoms with Gasteiger partial charge in [0, 0.05) is 37.4 Å². The zero-order valence-corrected chi connectivity index (χ0v) is 20.5. The first-order valence-corrected chi connectivity index (χ1v) is 13.2. The van der Waals surface area contributed by atoms with E-state index in [-0.39, 0.29) is 58.2 Å². The van der Waals surface area contributed by atoms with E-state index in [1.54, 1.807) is 0 Å². The second kappa shape index (κ2) is 9.76. The number of fused-ring (bicyclic) bond motifs is 2. The van der Waals surface area contributed by atoms with Gasteiger partial charge in [-0.25, -0.2) is 27.6 Å².